The minimum Gasteiger partial charge on any atom is -0.478 e. The zero-order chi connectivity index (χ0) is 18.0. The number of carbonyl (C=O) groups is 2. The standard InChI is InChI=1S/C19H23N3O3/c1-13-10-14(2)22(20-13)12-18(23)21-9-3-4-17(11-21)15-5-7-16(8-6-15)19(24)25/h5-8,10,17H,3-4,9,11-12H2,1-2H3,(H,24,25)/t17-/m0/s1. The topological polar surface area (TPSA) is 75.4 Å². The molecular weight excluding hydrogens is 318 g/mol. The molecule has 3 rings (SSSR count). The largest absolute Gasteiger partial charge is 0.478 e. The van der Waals surface area contributed by atoms with Crippen LogP contribution in [0, 0.1) is 13.8 Å². The minimum atomic E-state index is -0.920. The molecule has 25 heavy (non-hydrogen) atoms. The summed E-state index contributed by atoms with van der Waals surface area (Å²) in [5, 5.41) is 13.4. The van der Waals surface area contributed by atoms with Crippen molar-refractivity contribution in [2.24, 2.45) is 0 Å². The Kier molecular flexibility index (Phi) is 4.88. The molecule has 1 fully saturated rings. The number of carboxylic acids is 1. The highest BCUT2D eigenvalue weighted by Gasteiger charge is 2.25. The normalized spacial score (nSPS) is 17.5. The van der Waals surface area contributed by atoms with Crippen molar-refractivity contribution in [3.63, 3.8) is 0 Å². The number of aromatic nitrogens is 2. The van der Waals surface area contributed by atoms with Gasteiger partial charge in [-0.2, -0.15) is 5.10 Å². The Bertz CT molecular complexity index is 780. The van der Waals surface area contributed by atoms with E-state index in [9.17, 15) is 9.59 Å². The molecule has 1 aliphatic heterocycles. The van der Waals surface area contributed by atoms with Gasteiger partial charge in [0, 0.05) is 24.7 Å². The summed E-state index contributed by atoms with van der Waals surface area (Å²) in [5.41, 5.74) is 3.29. The fraction of sp³-hybridized carbons (Fsp3) is 0.421. The van der Waals surface area contributed by atoms with Gasteiger partial charge in [-0.1, -0.05) is 12.1 Å². The van der Waals surface area contributed by atoms with Crippen molar-refractivity contribution >= 4 is 11.9 Å². The summed E-state index contributed by atoms with van der Waals surface area (Å²) >= 11 is 0. The van der Waals surface area contributed by atoms with E-state index in [-0.39, 0.29) is 23.9 Å². The molecule has 6 nitrogen and oxygen atoms in total. The van der Waals surface area contributed by atoms with Gasteiger partial charge in [-0.3, -0.25) is 9.48 Å². The predicted molar refractivity (Wildman–Crippen MR) is 93.7 cm³/mol. The third kappa shape index (κ3) is 3.90. The monoisotopic (exact) mass is 341 g/mol. The van der Waals surface area contributed by atoms with Gasteiger partial charge < -0.3 is 10.0 Å². The van der Waals surface area contributed by atoms with Crippen LogP contribution < -0.4 is 0 Å². The molecule has 1 aliphatic rings. The number of hydrogen-bond donors (Lipinski definition) is 1. The summed E-state index contributed by atoms with van der Waals surface area (Å²) < 4.78 is 1.75. The van der Waals surface area contributed by atoms with Crippen LogP contribution in [0.1, 0.15) is 46.1 Å². The van der Waals surface area contributed by atoms with Crippen molar-refractivity contribution in [2.45, 2.75) is 39.2 Å². The third-order valence-corrected chi connectivity index (χ3v) is 4.79. The molecular formula is C19H23N3O3. The highest BCUT2D eigenvalue weighted by atomic mass is 16.4. The molecule has 2 heterocycles. The summed E-state index contributed by atoms with van der Waals surface area (Å²) in [6, 6.07) is 8.96. The van der Waals surface area contributed by atoms with E-state index < -0.39 is 5.97 Å². The summed E-state index contributed by atoms with van der Waals surface area (Å²) in [4.78, 5) is 25.5. The number of nitrogens with zero attached hydrogens (tertiary/aromatic N) is 3. The first kappa shape index (κ1) is 17.2. The summed E-state index contributed by atoms with van der Waals surface area (Å²) in [5.74, 6) is -0.587. The first-order chi connectivity index (χ1) is 11.9. The summed E-state index contributed by atoms with van der Waals surface area (Å²) in [6.45, 7) is 5.58. The highest BCUT2D eigenvalue weighted by molar-refractivity contribution is 5.87. The molecule has 0 bridgehead atoms. The van der Waals surface area contributed by atoms with Crippen molar-refractivity contribution in [1.29, 1.82) is 0 Å². The van der Waals surface area contributed by atoms with Gasteiger partial charge in [0.05, 0.1) is 11.3 Å². The number of rotatable bonds is 4. The smallest absolute Gasteiger partial charge is 0.335 e. The van der Waals surface area contributed by atoms with E-state index in [1.807, 2.05) is 36.9 Å². The molecule has 0 unspecified atom stereocenters. The Morgan fingerprint density at radius 3 is 2.56 bits per heavy atom. The Balaban J connectivity index is 1.67. The van der Waals surface area contributed by atoms with Crippen molar-refractivity contribution in [1.82, 2.24) is 14.7 Å². The molecule has 1 N–H and O–H groups in total. The lowest BCUT2D eigenvalue weighted by atomic mass is 9.90. The first-order valence-electron chi connectivity index (χ1n) is 8.56. The second-order valence-corrected chi connectivity index (χ2v) is 6.69. The number of benzene rings is 1. The van der Waals surface area contributed by atoms with E-state index in [0.29, 0.717) is 6.54 Å². The maximum Gasteiger partial charge on any atom is 0.335 e. The van der Waals surface area contributed by atoms with Crippen LogP contribution in [0.4, 0.5) is 0 Å². The number of likely N-dealkylation sites (tertiary alicyclic amines) is 1. The van der Waals surface area contributed by atoms with E-state index in [0.717, 1.165) is 36.3 Å². The zero-order valence-corrected chi connectivity index (χ0v) is 14.6. The summed E-state index contributed by atoms with van der Waals surface area (Å²) in [6.07, 6.45) is 1.96. The maximum absolute atomic E-state index is 12.6. The second kappa shape index (κ2) is 7.09. The average Bonchev–Trinajstić information content (AvgIpc) is 2.92. The van der Waals surface area contributed by atoms with Crippen LogP contribution in [0.15, 0.2) is 30.3 Å². The van der Waals surface area contributed by atoms with Crippen LogP contribution in [0.25, 0.3) is 0 Å². The van der Waals surface area contributed by atoms with Crippen molar-refractivity contribution in [3.05, 3.63) is 52.8 Å². The van der Waals surface area contributed by atoms with Gasteiger partial charge in [0.25, 0.3) is 0 Å². The van der Waals surface area contributed by atoms with Crippen molar-refractivity contribution in [2.75, 3.05) is 13.1 Å². The predicted octanol–water partition coefficient (Wildman–Crippen LogP) is 2.60. The van der Waals surface area contributed by atoms with Gasteiger partial charge in [0.15, 0.2) is 0 Å². The number of amides is 1. The molecule has 0 aliphatic carbocycles. The van der Waals surface area contributed by atoms with Gasteiger partial charge in [-0.25, -0.2) is 4.79 Å². The highest BCUT2D eigenvalue weighted by Crippen LogP contribution is 2.27. The van der Waals surface area contributed by atoms with E-state index in [2.05, 4.69) is 5.10 Å². The van der Waals surface area contributed by atoms with Crippen LogP contribution in [0.2, 0.25) is 0 Å². The molecule has 0 spiro atoms. The van der Waals surface area contributed by atoms with Gasteiger partial charge in [-0.05, 0) is 50.5 Å². The Hall–Kier alpha value is -2.63. The quantitative estimate of drug-likeness (QED) is 0.927. The molecule has 1 atom stereocenters. The summed E-state index contributed by atoms with van der Waals surface area (Å²) in [7, 11) is 0. The van der Waals surface area contributed by atoms with E-state index in [4.69, 9.17) is 5.11 Å². The molecule has 2 aromatic rings. The lowest BCUT2D eigenvalue weighted by Gasteiger charge is -2.33. The Morgan fingerprint density at radius 1 is 1.24 bits per heavy atom. The lowest BCUT2D eigenvalue weighted by molar-refractivity contribution is -0.133. The molecule has 1 aromatic heterocycles. The van der Waals surface area contributed by atoms with E-state index in [1.165, 1.54) is 0 Å². The number of aryl methyl sites for hydroxylation is 2. The number of hydrogen-bond acceptors (Lipinski definition) is 3. The number of piperidine rings is 1. The van der Waals surface area contributed by atoms with Crippen molar-refractivity contribution < 1.29 is 14.7 Å². The fourth-order valence-electron chi connectivity index (χ4n) is 3.44. The Morgan fingerprint density at radius 2 is 1.96 bits per heavy atom. The van der Waals surface area contributed by atoms with Gasteiger partial charge in [0.2, 0.25) is 5.91 Å². The Labute approximate surface area is 147 Å². The zero-order valence-electron chi connectivity index (χ0n) is 14.6. The molecule has 6 heteroatoms. The maximum atomic E-state index is 12.6. The van der Waals surface area contributed by atoms with Gasteiger partial charge in [0.1, 0.15) is 6.54 Å². The molecule has 0 saturated carbocycles. The second-order valence-electron chi connectivity index (χ2n) is 6.69. The van der Waals surface area contributed by atoms with Crippen LogP contribution in [0.3, 0.4) is 0 Å². The van der Waals surface area contributed by atoms with Crippen LogP contribution in [-0.4, -0.2) is 44.8 Å². The van der Waals surface area contributed by atoms with Crippen LogP contribution in [0.5, 0.6) is 0 Å². The molecule has 132 valence electrons. The molecule has 1 aromatic carbocycles. The first-order valence-corrected chi connectivity index (χ1v) is 8.56. The van der Waals surface area contributed by atoms with Gasteiger partial charge >= 0.3 is 5.97 Å². The molecule has 1 saturated heterocycles. The number of carbonyl (C=O) groups excluding carboxylic acids is 1. The lowest BCUT2D eigenvalue weighted by Crippen LogP contribution is -2.41. The van der Waals surface area contributed by atoms with Gasteiger partial charge in [-0.15, -0.1) is 0 Å². The molecule has 0 radical (unpaired) electrons. The molecule has 1 amide bonds. The van der Waals surface area contributed by atoms with E-state index in [1.54, 1.807) is 16.8 Å². The average molecular weight is 341 g/mol. The number of aromatic carboxylic acids is 1. The van der Waals surface area contributed by atoms with Crippen molar-refractivity contribution in [3.8, 4) is 0 Å². The van der Waals surface area contributed by atoms with Crippen LogP contribution in [-0.2, 0) is 11.3 Å². The number of carboxylic acid groups (broad SMARTS) is 1. The van der Waals surface area contributed by atoms with Crippen LogP contribution >= 0.6 is 0 Å². The minimum absolute atomic E-state index is 0.0815. The van der Waals surface area contributed by atoms with E-state index >= 15 is 0 Å². The fourth-order valence-corrected chi connectivity index (χ4v) is 3.44. The SMILES string of the molecule is Cc1cc(C)n(CC(=O)N2CCC[C@H](c3ccc(C(=O)O)cc3)C2)n1. The third-order valence-electron chi connectivity index (χ3n) is 4.79.